The number of hydrogen-bond acceptors (Lipinski definition) is 8. The molecule has 0 saturated heterocycles. The average molecular weight is 495 g/mol. The topological polar surface area (TPSA) is 86.7 Å². The van der Waals surface area contributed by atoms with Crippen LogP contribution in [0.4, 0.5) is 5.69 Å². The number of thioether (sulfide) groups is 1. The van der Waals surface area contributed by atoms with E-state index < -0.39 is 6.23 Å². The highest BCUT2D eigenvalue weighted by molar-refractivity contribution is 7.99. The van der Waals surface area contributed by atoms with Crippen molar-refractivity contribution in [2.75, 3.05) is 24.9 Å². The quantitative estimate of drug-likeness (QED) is 0.278. The van der Waals surface area contributed by atoms with Crippen LogP contribution < -0.4 is 19.1 Å². The number of methoxy groups -OCH3 is 2. The molecule has 0 saturated carbocycles. The maximum atomic E-state index is 13.0. The van der Waals surface area contributed by atoms with Gasteiger partial charge >= 0.3 is 0 Å². The summed E-state index contributed by atoms with van der Waals surface area (Å²) in [6.45, 7) is 3.70. The molecule has 184 valence electrons. The molecule has 1 amide bonds. The molecule has 2 heterocycles. The lowest BCUT2D eigenvalue weighted by molar-refractivity contribution is -0.118. The molecule has 8 nitrogen and oxygen atoms in total. The molecule has 2 aromatic carbocycles. The second-order valence-electron chi connectivity index (χ2n) is 8.14. The number of amides is 1. The number of unbranched alkanes of at least 4 members (excludes halogenated alkanes) is 3. The molecule has 0 radical (unpaired) electrons. The molecule has 4 rings (SSSR count). The third-order valence-corrected chi connectivity index (χ3v) is 6.71. The number of aromatic nitrogens is 3. The third-order valence-electron chi connectivity index (χ3n) is 5.78. The third kappa shape index (κ3) is 5.35. The van der Waals surface area contributed by atoms with E-state index in [1.807, 2.05) is 30.3 Å². The second-order valence-corrected chi connectivity index (χ2v) is 9.20. The summed E-state index contributed by atoms with van der Waals surface area (Å²) in [4.78, 5) is 19.3. The highest BCUT2D eigenvalue weighted by Crippen LogP contribution is 2.45. The largest absolute Gasteiger partial charge is 0.497 e. The van der Waals surface area contributed by atoms with Crippen molar-refractivity contribution in [2.24, 2.45) is 0 Å². The SMILES string of the molecule is CCCCCCSc1nnc2c(n1)O[C@H](c1cc(OC)ccc1OC)N(C(C)=O)c1ccccc1-2. The van der Waals surface area contributed by atoms with Gasteiger partial charge in [-0.05, 0) is 30.7 Å². The Morgan fingerprint density at radius 1 is 1.09 bits per heavy atom. The molecule has 0 unspecified atom stereocenters. The summed E-state index contributed by atoms with van der Waals surface area (Å²) in [5.74, 6) is 2.22. The number of para-hydroxylation sites is 1. The smallest absolute Gasteiger partial charge is 0.247 e. The van der Waals surface area contributed by atoms with E-state index in [4.69, 9.17) is 19.2 Å². The summed E-state index contributed by atoms with van der Waals surface area (Å²) >= 11 is 1.56. The summed E-state index contributed by atoms with van der Waals surface area (Å²) in [6.07, 6.45) is 3.83. The van der Waals surface area contributed by atoms with Gasteiger partial charge in [0.2, 0.25) is 23.2 Å². The van der Waals surface area contributed by atoms with E-state index in [1.165, 1.54) is 26.2 Å². The van der Waals surface area contributed by atoms with Crippen molar-refractivity contribution in [3.8, 4) is 28.6 Å². The molecule has 0 N–H and O–H groups in total. The van der Waals surface area contributed by atoms with Gasteiger partial charge in [0.25, 0.3) is 0 Å². The number of anilines is 1. The van der Waals surface area contributed by atoms with Crippen molar-refractivity contribution in [2.45, 2.75) is 50.9 Å². The number of rotatable bonds is 9. The highest BCUT2D eigenvalue weighted by Gasteiger charge is 2.36. The van der Waals surface area contributed by atoms with Crippen molar-refractivity contribution in [1.82, 2.24) is 15.2 Å². The van der Waals surface area contributed by atoms with Crippen LogP contribution in [0.3, 0.4) is 0 Å². The van der Waals surface area contributed by atoms with Gasteiger partial charge in [0.05, 0.1) is 25.5 Å². The monoisotopic (exact) mass is 494 g/mol. The number of hydrogen-bond donors (Lipinski definition) is 0. The Labute approximate surface area is 210 Å². The van der Waals surface area contributed by atoms with Crippen LogP contribution in [0.1, 0.15) is 51.3 Å². The van der Waals surface area contributed by atoms with Crippen LogP contribution in [-0.4, -0.2) is 41.1 Å². The van der Waals surface area contributed by atoms with Crippen LogP contribution in [0.2, 0.25) is 0 Å². The Morgan fingerprint density at radius 3 is 2.66 bits per heavy atom. The molecule has 9 heteroatoms. The summed E-state index contributed by atoms with van der Waals surface area (Å²) in [6, 6.07) is 12.9. The van der Waals surface area contributed by atoms with E-state index in [0.717, 1.165) is 17.7 Å². The molecule has 1 aromatic heterocycles. The van der Waals surface area contributed by atoms with Crippen molar-refractivity contribution in [3.05, 3.63) is 48.0 Å². The number of fused-ring (bicyclic) bond motifs is 3. The fraction of sp³-hybridized carbons (Fsp3) is 0.385. The minimum atomic E-state index is -0.848. The first-order chi connectivity index (χ1) is 17.1. The van der Waals surface area contributed by atoms with E-state index in [-0.39, 0.29) is 5.91 Å². The number of benzene rings is 2. The van der Waals surface area contributed by atoms with Gasteiger partial charge < -0.3 is 14.2 Å². The minimum absolute atomic E-state index is 0.196. The number of ether oxygens (including phenoxy) is 3. The molecule has 0 spiro atoms. The van der Waals surface area contributed by atoms with Gasteiger partial charge in [-0.3, -0.25) is 9.69 Å². The lowest BCUT2D eigenvalue weighted by Gasteiger charge is -2.30. The zero-order chi connectivity index (χ0) is 24.8. The lowest BCUT2D eigenvalue weighted by atomic mass is 10.1. The first-order valence-electron chi connectivity index (χ1n) is 11.7. The highest BCUT2D eigenvalue weighted by atomic mass is 32.2. The van der Waals surface area contributed by atoms with Crippen LogP contribution in [0.15, 0.2) is 47.6 Å². The Balaban J connectivity index is 1.80. The van der Waals surface area contributed by atoms with Crippen molar-refractivity contribution in [1.29, 1.82) is 0 Å². The first-order valence-corrected chi connectivity index (χ1v) is 12.7. The predicted molar refractivity (Wildman–Crippen MR) is 136 cm³/mol. The molecule has 1 aliphatic heterocycles. The van der Waals surface area contributed by atoms with E-state index >= 15 is 0 Å². The van der Waals surface area contributed by atoms with Crippen LogP contribution in [0.25, 0.3) is 11.3 Å². The molecule has 1 atom stereocenters. The molecule has 35 heavy (non-hydrogen) atoms. The summed E-state index contributed by atoms with van der Waals surface area (Å²) in [7, 11) is 3.17. The maximum absolute atomic E-state index is 13.0. The number of carbonyl (C=O) groups excluding carboxylic acids is 1. The van der Waals surface area contributed by atoms with E-state index in [1.54, 1.807) is 43.0 Å². The number of carbonyl (C=O) groups is 1. The lowest BCUT2D eigenvalue weighted by Crippen LogP contribution is -2.36. The number of nitrogens with zero attached hydrogens (tertiary/aromatic N) is 4. The van der Waals surface area contributed by atoms with Gasteiger partial charge in [-0.15, -0.1) is 10.2 Å². The van der Waals surface area contributed by atoms with Gasteiger partial charge in [0.15, 0.2) is 5.69 Å². The Kier molecular flexibility index (Phi) is 8.07. The zero-order valence-electron chi connectivity index (χ0n) is 20.5. The van der Waals surface area contributed by atoms with Crippen molar-refractivity contribution >= 4 is 23.4 Å². The van der Waals surface area contributed by atoms with E-state index in [2.05, 4.69) is 17.1 Å². The molecule has 3 aromatic rings. The predicted octanol–water partition coefficient (Wildman–Crippen LogP) is 5.67. The van der Waals surface area contributed by atoms with Gasteiger partial charge in [-0.25, -0.2) is 0 Å². The van der Waals surface area contributed by atoms with Crippen LogP contribution in [0, 0.1) is 0 Å². The fourth-order valence-electron chi connectivity index (χ4n) is 4.04. The van der Waals surface area contributed by atoms with Crippen LogP contribution in [-0.2, 0) is 4.79 Å². The first kappa shape index (κ1) is 24.8. The van der Waals surface area contributed by atoms with Crippen LogP contribution >= 0.6 is 11.8 Å². The molecular formula is C26H30N4O4S. The average Bonchev–Trinajstić information content (AvgIpc) is 3.02. The van der Waals surface area contributed by atoms with Gasteiger partial charge in [-0.2, -0.15) is 4.98 Å². The maximum Gasteiger partial charge on any atom is 0.247 e. The molecule has 0 bridgehead atoms. The normalized spacial score (nSPS) is 14.4. The molecular weight excluding hydrogens is 464 g/mol. The zero-order valence-corrected chi connectivity index (χ0v) is 21.3. The van der Waals surface area contributed by atoms with Crippen molar-refractivity contribution < 1.29 is 19.0 Å². The minimum Gasteiger partial charge on any atom is -0.497 e. The summed E-state index contributed by atoms with van der Waals surface area (Å²) < 4.78 is 17.5. The van der Waals surface area contributed by atoms with Gasteiger partial charge in [0, 0.05) is 18.2 Å². The van der Waals surface area contributed by atoms with Crippen molar-refractivity contribution in [3.63, 3.8) is 0 Å². The van der Waals surface area contributed by atoms with Crippen LogP contribution in [0.5, 0.6) is 17.4 Å². The fourth-order valence-corrected chi connectivity index (χ4v) is 4.82. The second kappa shape index (κ2) is 11.4. The Bertz CT molecular complexity index is 1190. The standard InChI is InChI=1S/C26H30N4O4S/c1-5-6-7-10-15-35-26-27-24-23(28-29-26)19-11-8-9-12-21(19)30(17(2)31)25(34-24)20-16-18(32-3)13-14-22(20)33-4/h8-9,11-14,16,25H,5-7,10,15H2,1-4H3/t25-/m1/s1. The Hall–Kier alpha value is -3.33. The molecule has 1 aliphatic rings. The Morgan fingerprint density at radius 2 is 1.91 bits per heavy atom. The summed E-state index contributed by atoms with van der Waals surface area (Å²) in [5.41, 5.74) is 2.51. The molecule has 0 aliphatic carbocycles. The van der Waals surface area contributed by atoms with Gasteiger partial charge in [-0.1, -0.05) is 56.1 Å². The van der Waals surface area contributed by atoms with Gasteiger partial charge in [0.1, 0.15) is 11.5 Å². The van der Waals surface area contributed by atoms with E-state index in [0.29, 0.717) is 39.5 Å². The molecule has 0 fully saturated rings. The van der Waals surface area contributed by atoms with E-state index in [9.17, 15) is 4.79 Å². The summed E-state index contributed by atoms with van der Waals surface area (Å²) in [5, 5.41) is 9.38.